The van der Waals surface area contributed by atoms with Gasteiger partial charge in [0.15, 0.2) is 0 Å². The number of nitrogens with one attached hydrogen (secondary N) is 1. The first kappa shape index (κ1) is 18.8. The van der Waals surface area contributed by atoms with Crippen molar-refractivity contribution in [2.24, 2.45) is 0 Å². The monoisotopic (exact) mass is 403 g/mol. The number of nitrogens with zero attached hydrogens (tertiary/aromatic N) is 2. The molecule has 0 spiro atoms. The number of halogens is 1. The van der Waals surface area contributed by atoms with E-state index in [2.05, 4.69) is 10.4 Å². The van der Waals surface area contributed by atoms with Crippen molar-refractivity contribution >= 4 is 23.2 Å². The number of rotatable bonds is 5. The number of methoxy groups -OCH3 is 1. The molecular weight excluding hydrogens is 386 g/mol. The molecule has 4 aromatic rings. The van der Waals surface area contributed by atoms with Crippen molar-refractivity contribution < 1.29 is 9.53 Å². The van der Waals surface area contributed by atoms with E-state index >= 15 is 0 Å². The first-order valence-corrected chi connectivity index (χ1v) is 9.38. The van der Waals surface area contributed by atoms with Crippen LogP contribution in [0.2, 0.25) is 5.02 Å². The zero-order valence-electron chi connectivity index (χ0n) is 15.7. The molecule has 1 amide bonds. The first-order valence-electron chi connectivity index (χ1n) is 9.00. The molecule has 1 heterocycles. The number of benzene rings is 3. The maximum atomic E-state index is 13.0. The van der Waals surface area contributed by atoms with Gasteiger partial charge in [0, 0.05) is 23.6 Å². The van der Waals surface area contributed by atoms with Gasteiger partial charge in [0.2, 0.25) is 0 Å². The average Bonchev–Trinajstić information content (AvgIpc) is 3.29. The Morgan fingerprint density at radius 1 is 1.03 bits per heavy atom. The molecule has 29 heavy (non-hydrogen) atoms. The molecule has 0 aliphatic heterocycles. The molecule has 0 aliphatic carbocycles. The number of carbonyl (C=O) groups is 1. The summed E-state index contributed by atoms with van der Waals surface area (Å²) < 4.78 is 6.90. The van der Waals surface area contributed by atoms with E-state index in [4.69, 9.17) is 16.3 Å². The normalized spacial score (nSPS) is 10.6. The molecule has 144 valence electrons. The molecular formula is C23H18ClN3O2. The molecule has 6 heteroatoms. The number of ether oxygens (including phenoxy) is 1. The van der Waals surface area contributed by atoms with E-state index in [0.29, 0.717) is 16.3 Å². The van der Waals surface area contributed by atoms with Gasteiger partial charge in [0.25, 0.3) is 5.91 Å². The molecule has 1 aromatic heterocycles. The number of amides is 1. The Morgan fingerprint density at radius 3 is 2.55 bits per heavy atom. The van der Waals surface area contributed by atoms with E-state index < -0.39 is 0 Å². The Morgan fingerprint density at radius 2 is 1.83 bits per heavy atom. The van der Waals surface area contributed by atoms with Crippen molar-refractivity contribution in [2.45, 2.75) is 0 Å². The number of aromatic nitrogens is 2. The van der Waals surface area contributed by atoms with Crippen LogP contribution in [0.15, 0.2) is 85.2 Å². The Hall–Kier alpha value is -3.57. The average molecular weight is 404 g/mol. The molecule has 4 rings (SSSR count). The van der Waals surface area contributed by atoms with Crippen LogP contribution in [0.3, 0.4) is 0 Å². The summed E-state index contributed by atoms with van der Waals surface area (Å²) in [4.78, 5) is 13.0. The van der Waals surface area contributed by atoms with Gasteiger partial charge in [0.05, 0.1) is 23.4 Å². The summed E-state index contributed by atoms with van der Waals surface area (Å²) in [6, 6.07) is 22.4. The lowest BCUT2D eigenvalue weighted by atomic mass is 10.0. The molecule has 0 radical (unpaired) electrons. The Kier molecular flexibility index (Phi) is 5.31. The summed E-state index contributed by atoms with van der Waals surface area (Å²) in [7, 11) is 1.63. The number of hydrogen-bond donors (Lipinski definition) is 1. The van der Waals surface area contributed by atoms with Crippen LogP contribution in [-0.4, -0.2) is 22.8 Å². The van der Waals surface area contributed by atoms with Crippen molar-refractivity contribution in [1.29, 1.82) is 0 Å². The van der Waals surface area contributed by atoms with E-state index in [0.717, 1.165) is 22.6 Å². The van der Waals surface area contributed by atoms with Gasteiger partial charge in [-0.05, 0) is 48.0 Å². The SMILES string of the molecule is COc1ccc(-c2ccccc2NC(=O)c2cc(-n3cccn3)ccc2Cl)cc1. The lowest BCUT2D eigenvalue weighted by Crippen LogP contribution is -2.14. The molecule has 0 aliphatic rings. The van der Waals surface area contributed by atoms with Gasteiger partial charge in [-0.3, -0.25) is 4.79 Å². The van der Waals surface area contributed by atoms with E-state index in [1.807, 2.05) is 66.9 Å². The third-order valence-corrected chi connectivity index (χ3v) is 4.87. The minimum absolute atomic E-state index is 0.287. The summed E-state index contributed by atoms with van der Waals surface area (Å²) in [6.45, 7) is 0. The van der Waals surface area contributed by atoms with Crippen LogP contribution < -0.4 is 10.1 Å². The Balaban J connectivity index is 1.65. The zero-order valence-corrected chi connectivity index (χ0v) is 16.4. The third-order valence-electron chi connectivity index (χ3n) is 4.54. The highest BCUT2D eigenvalue weighted by Crippen LogP contribution is 2.30. The van der Waals surface area contributed by atoms with Crippen molar-refractivity contribution in [3.63, 3.8) is 0 Å². The van der Waals surface area contributed by atoms with Crippen LogP contribution in [0.5, 0.6) is 5.75 Å². The zero-order chi connectivity index (χ0) is 20.2. The second-order valence-corrected chi connectivity index (χ2v) is 6.75. The highest BCUT2D eigenvalue weighted by Gasteiger charge is 2.15. The molecule has 1 N–H and O–H groups in total. The Bertz CT molecular complexity index is 1140. The second-order valence-electron chi connectivity index (χ2n) is 6.34. The van der Waals surface area contributed by atoms with Crippen molar-refractivity contribution in [1.82, 2.24) is 9.78 Å². The molecule has 0 saturated carbocycles. The van der Waals surface area contributed by atoms with Gasteiger partial charge in [-0.2, -0.15) is 5.10 Å². The predicted molar refractivity (Wildman–Crippen MR) is 115 cm³/mol. The number of hydrogen-bond acceptors (Lipinski definition) is 3. The lowest BCUT2D eigenvalue weighted by molar-refractivity contribution is 0.102. The minimum atomic E-state index is -0.287. The third kappa shape index (κ3) is 4.00. The Labute approximate surface area is 173 Å². The van der Waals surface area contributed by atoms with Crippen LogP contribution in [-0.2, 0) is 0 Å². The number of carbonyl (C=O) groups excluding carboxylic acids is 1. The van der Waals surface area contributed by atoms with Crippen molar-refractivity contribution in [3.8, 4) is 22.6 Å². The molecule has 0 unspecified atom stereocenters. The highest BCUT2D eigenvalue weighted by atomic mass is 35.5. The van der Waals surface area contributed by atoms with Gasteiger partial charge in [-0.1, -0.05) is 41.9 Å². The summed E-state index contributed by atoms with van der Waals surface area (Å²) in [5.41, 5.74) is 3.71. The predicted octanol–water partition coefficient (Wildman–Crippen LogP) is 5.45. The van der Waals surface area contributed by atoms with Crippen LogP contribution in [0.4, 0.5) is 5.69 Å². The van der Waals surface area contributed by atoms with E-state index in [1.54, 1.807) is 30.1 Å². The molecule has 0 atom stereocenters. The van der Waals surface area contributed by atoms with E-state index in [9.17, 15) is 4.79 Å². The molecule has 3 aromatic carbocycles. The smallest absolute Gasteiger partial charge is 0.257 e. The minimum Gasteiger partial charge on any atom is -0.497 e. The van der Waals surface area contributed by atoms with Gasteiger partial charge in [-0.25, -0.2) is 4.68 Å². The van der Waals surface area contributed by atoms with Crippen LogP contribution in [0.1, 0.15) is 10.4 Å². The topological polar surface area (TPSA) is 56.1 Å². The van der Waals surface area contributed by atoms with Gasteiger partial charge >= 0.3 is 0 Å². The standard InChI is InChI=1S/C23H18ClN3O2/c1-29-18-10-7-16(8-11-18)19-5-2-3-6-22(19)26-23(28)20-15-17(9-12-21(20)24)27-14-4-13-25-27/h2-15H,1H3,(H,26,28). The largest absolute Gasteiger partial charge is 0.497 e. The molecule has 0 bridgehead atoms. The molecule has 0 saturated heterocycles. The number of para-hydroxylation sites is 1. The summed E-state index contributed by atoms with van der Waals surface area (Å²) in [6.07, 6.45) is 3.49. The van der Waals surface area contributed by atoms with Gasteiger partial charge < -0.3 is 10.1 Å². The van der Waals surface area contributed by atoms with Crippen molar-refractivity contribution in [2.75, 3.05) is 12.4 Å². The first-order chi connectivity index (χ1) is 14.2. The fraction of sp³-hybridized carbons (Fsp3) is 0.0435. The summed E-state index contributed by atoms with van der Waals surface area (Å²) in [5, 5.41) is 7.56. The lowest BCUT2D eigenvalue weighted by Gasteiger charge is -2.13. The fourth-order valence-electron chi connectivity index (χ4n) is 3.06. The fourth-order valence-corrected chi connectivity index (χ4v) is 3.26. The van der Waals surface area contributed by atoms with Gasteiger partial charge in [-0.15, -0.1) is 0 Å². The maximum absolute atomic E-state index is 13.0. The summed E-state index contributed by atoms with van der Waals surface area (Å²) >= 11 is 6.30. The van der Waals surface area contributed by atoms with Crippen molar-refractivity contribution in [3.05, 3.63) is 95.8 Å². The van der Waals surface area contributed by atoms with E-state index in [1.165, 1.54) is 0 Å². The quantitative estimate of drug-likeness (QED) is 0.481. The number of anilines is 1. The van der Waals surface area contributed by atoms with Gasteiger partial charge in [0.1, 0.15) is 5.75 Å². The van der Waals surface area contributed by atoms with Crippen LogP contribution in [0.25, 0.3) is 16.8 Å². The molecule has 0 fully saturated rings. The molecule has 5 nitrogen and oxygen atoms in total. The van der Waals surface area contributed by atoms with Crippen LogP contribution in [0, 0.1) is 0 Å². The van der Waals surface area contributed by atoms with Crippen LogP contribution >= 0.6 is 11.6 Å². The summed E-state index contributed by atoms with van der Waals surface area (Å²) in [5.74, 6) is 0.488. The highest BCUT2D eigenvalue weighted by molar-refractivity contribution is 6.34. The van der Waals surface area contributed by atoms with E-state index in [-0.39, 0.29) is 5.91 Å². The second kappa shape index (κ2) is 8.20. The maximum Gasteiger partial charge on any atom is 0.257 e.